The van der Waals surface area contributed by atoms with Crippen molar-refractivity contribution in [1.82, 2.24) is 0 Å². The predicted molar refractivity (Wildman–Crippen MR) is 46.4 cm³/mol. The van der Waals surface area contributed by atoms with E-state index in [2.05, 4.69) is 20.8 Å². The maximum absolute atomic E-state index is 5.84. The number of nitrogens with two attached hydrogens (primary N) is 1. The van der Waals surface area contributed by atoms with E-state index in [9.17, 15) is 0 Å². The van der Waals surface area contributed by atoms with Crippen LogP contribution in [-0.4, -0.2) is 18.8 Å². The molecular formula is C9H19NO. The fourth-order valence-electron chi connectivity index (χ4n) is 1.43. The Balaban J connectivity index is 2.46. The Kier molecular flexibility index (Phi) is 2.55. The molecule has 1 fully saturated rings. The zero-order valence-corrected chi connectivity index (χ0v) is 7.76. The van der Waals surface area contributed by atoms with Gasteiger partial charge in [0.25, 0.3) is 0 Å². The molecular weight excluding hydrogens is 138 g/mol. The first kappa shape index (κ1) is 9.01. The Morgan fingerprint density at radius 1 is 1.36 bits per heavy atom. The minimum atomic E-state index is 0.248. The summed E-state index contributed by atoms with van der Waals surface area (Å²) >= 11 is 0. The van der Waals surface area contributed by atoms with E-state index in [4.69, 9.17) is 10.5 Å². The average molecular weight is 157 g/mol. The molecule has 11 heavy (non-hydrogen) atoms. The largest absolute Gasteiger partial charge is 0.378 e. The third-order valence-corrected chi connectivity index (χ3v) is 2.29. The molecule has 2 heteroatoms. The highest BCUT2D eigenvalue weighted by atomic mass is 16.5. The smallest absolute Gasteiger partial charge is 0.0638 e. The fourth-order valence-corrected chi connectivity index (χ4v) is 1.43. The average Bonchev–Trinajstić information content (AvgIpc) is 1.86. The van der Waals surface area contributed by atoms with Gasteiger partial charge in [-0.05, 0) is 18.3 Å². The molecule has 66 valence electrons. The highest BCUT2D eigenvalue weighted by Gasteiger charge is 2.29. The van der Waals surface area contributed by atoms with Crippen LogP contribution in [0.5, 0.6) is 0 Å². The van der Waals surface area contributed by atoms with Crippen LogP contribution in [0.2, 0.25) is 0 Å². The first-order chi connectivity index (χ1) is 5.00. The maximum atomic E-state index is 5.84. The molecule has 0 spiro atoms. The molecule has 0 bridgehead atoms. The van der Waals surface area contributed by atoms with Gasteiger partial charge in [-0.15, -0.1) is 0 Å². The van der Waals surface area contributed by atoms with Crippen molar-refractivity contribution < 1.29 is 4.74 Å². The van der Waals surface area contributed by atoms with Gasteiger partial charge in [-0.25, -0.2) is 0 Å². The molecule has 0 radical (unpaired) electrons. The van der Waals surface area contributed by atoms with Crippen molar-refractivity contribution in [2.24, 2.45) is 11.1 Å². The maximum Gasteiger partial charge on any atom is 0.0638 e. The second kappa shape index (κ2) is 3.11. The zero-order valence-electron chi connectivity index (χ0n) is 7.76. The standard InChI is InChI=1S/C9H19NO/c1-9(2,3)8-6-7(10)4-5-11-8/h7-8H,4-6,10H2,1-3H3/t7-,8+/m0/s1. The van der Waals surface area contributed by atoms with Gasteiger partial charge in [0.1, 0.15) is 0 Å². The molecule has 2 atom stereocenters. The van der Waals surface area contributed by atoms with Crippen LogP contribution >= 0.6 is 0 Å². The summed E-state index contributed by atoms with van der Waals surface area (Å²) in [5, 5.41) is 0. The summed E-state index contributed by atoms with van der Waals surface area (Å²) < 4.78 is 5.63. The van der Waals surface area contributed by atoms with Gasteiger partial charge in [-0.2, -0.15) is 0 Å². The fraction of sp³-hybridized carbons (Fsp3) is 1.00. The van der Waals surface area contributed by atoms with E-state index < -0.39 is 0 Å². The van der Waals surface area contributed by atoms with Gasteiger partial charge in [0, 0.05) is 12.6 Å². The quantitative estimate of drug-likeness (QED) is 0.579. The molecule has 0 aromatic rings. The summed E-state index contributed by atoms with van der Waals surface area (Å²) in [4.78, 5) is 0. The summed E-state index contributed by atoms with van der Waals surface area (Å²) in [7, 11) is 0. The van der Waals surface area contributed by atoms with Crippen LogP contribution in [-0.2, 0) is 4.74 Å². The van der Waals surface area contributed by atoms with E-state index in [0.717, 1.165) is 19.4 Å². The van der Waals surface area contributed by atoms with Crippen LogP contribution in [0.4, 0.5) is 0 Å². The first-order valence-corrected chi connectivity index (χ1v) is 4.37. The Bertz CT molecular complexity index is 128. The summed E-state index contributed by atoms with van der Waals surface area (Å²) in [5.41, 5.74) is 6.09. The van der Waals surface area contributed by atoms with Crippen molar-refractivity contribution in [1.29, 1.82) is 0 Å². The lowest BCUT2D eigenvalue weighted by atomic mass is 9.83. The summed E-state index contributed by atoms with van der Waals surface area (Å²) in [6.45, 7) is 7.45. The molecule has 0 saturated carbocycles. The molecule has 1 rings (SSSR count). The van der Waals surface area contributed by atoms with Crippen molar-refractivity contribution in [3.05, 3.63) is 0 Å². The molecule has 0 aliphatic carbocycles. The van der Waals surface area contributed by atoms with Crippen LogP contribution in [0.15, 0.2) is 0 Å². The molecule has 0 aromatic heterocycles. The lowest BCUT2D eigenvalue weighted by molar-refractivity contribution is -0.0535. The minimum Gasteiger partial charge on any atom is -0.378 e. The lowest BCUT2D eigenvalue weighted by Crippen LogP contribution is -2.41. The van der Waals surface area contributed by atoms with Gasteiger partial charge in [-0.3, -0.25) is 0 Å². The molecule has 2 N–H and O–H groups in total. The monoisotopic (exact) mass is 157 g/mol. The SMILES string of the molecule is CC(C)(C)[C@H]1C[C@@H](N)CCO1. The van der Waals surface area contributed by atoms with E-state index in [1.807, 2.05) is 0 Å². The number of ether oxygens (including phenoxy) is 1. The van der Waals surface area contributed by atoms with E-state index in [1.165, 1.54) is 0 Å². The highest BCUT2D eigenvalue weighted by molar-refractivity contribution is 4.82. The van der Waals surface area contributed by atoms with Gasteiger partial charge in [-0.1, -0.05) is 20.8 Å². The number of rotatable bonds is 0. The zero-order chi connectivity index (χ0) is 8.48. The number of hydrogen-bond donors (Lipinski definition) is 1. The van der Waals surface area contributed by atoms with Gasteiger partial charge in [0.2, 0.25) is 0 Å². The van der Waals surface area contributed by atoms with E-state index in [-0.39, 0.29) is 5.41 Å². The van der Waals surface area contributed by atoms with Crippen molar-refractivity contribution >= 4 is 0 Å². The molecule has 1 aliphatic rings. The van der Waals surface area contributed by atoms with E-state index in [0.29, 0.717) is 12.1 Å². The summed E-state index contributed by atoms with van der Waals surface area (Å²) in [6.07, 6.45) is 2.39. The van der Waals surface area contributed by atoms with E-state index in [1.54, 1.807) is 0 Å². The van der Waals surface area contributed by atoms with E-state index >= 15 is 0 Å². The van der Waals surface area contributed by atoms with Crippen LogP contribution in [0, 0.1) is 5.41 Å². The lowest BCUT2D eigenvalue weighted by Gasteiger charge is -2.36. The Morgan fingerprint density at radius 2 is 2.00 bits per heavy atom. The Hall–Kier alpha value is -0.0800. The van der Waals surface area contributed by atoms with Crippen molar-refractivity contribution in [3.8, 4) is 0 Å². The van der Waals surface area contributed by atoms with Gasteiger partial charge in [0.05, 0.1) is 6.10 Å². The second-order valence-corrected chi connectivity index (χ2v) is 4.51. The predicted octanol–water partition coefficient (Wildman–Crippen LogP) is 1.54. The molecule has 0 unspecified atom stereocenters. The molecule has 0 aromatic carbocycles. The Labute approximate surface area is 69.1 Å². The van der Waals surface area contributed by atoms with Gasteiger partial charge < -0.3 is 10.5 Å². The molecule has 1 heterocycles. The molecule has 1 aliphatic heterocycles. The van der Waals surface area contributed by atoms with Crippen molar-refractivity contribution in [2.45, 2.75) is 45.8 Å². The molecule has 2 nitrogen and oxygen atoms in total. The van der Waals surface area contributed by atoms with Crippen LogP contribution in [0.25, 0.3) is 0 Å². The van der Waals surface area contributed by atoms with Crippen LogP contribution in [0.3, 0.4) is 0 Å². The topological polar surface area (TPSA) is 35.2 Å². The number of hydrogen-bond acceptors (Lipinski definition) is 2. The molecule has 0 amide bonds. The first-order valence-electron chi connectivity index (χ1n) is 4.37. The van der Waals surface area contributed by atoms with Crippen LogP contribution < -0.4 is 5.73 Å². The minimum absolute atomic E-state index is 0.248. The molecule has 1 saturated heterocycles. The van der Waals surface area contributed by atoms with Gasteiger partial charge >= 0.3 is 0 Å². The second-order valence-electron chi connectivity index (χ2n) is 4.51. The third kappa shape index (κ3) is 2.46. The third-order valence-electron chi connectivity index (χ3n) is 2.29. The summed E-state index contributed by atoms with van der Waals surface area (Å²) in [5.74, 6) is 0. The van der Waals surface area contributed by atoms with Crippen molar-refractivity contribution in [2.75, 3.05) is 6.61 Å². The van der Waals surface area contributed by atoms with Crippen LogP contribution in [0.1, 0.15) is 33.6 Å². The summed E-state index contributed by atoms with van der Waals surface area (Å²) in [6, 6.07) is 0.355. The van der Waals surface area contributed by atoms with Crippen molar-refractivity contribution in [3.63, 3.8) is 0 Å². The highest BCUT2D eigenvalue weighted by Crippen LogP contribution is 2.28. The Morgan fingerprint density at radius 3 is 2.36 bits per heavy atom. The van der Waals surface area contributed by atoms with Gasteiger partial charge in [0.15, 0.2) is 0 Å². The normalized spacial score (nSPS) is 33.8.